The third-order valence-corrected chi connectivity index (χ3v) is 4.03. The molecule has 2 unspecified atom stereocenters. The summed E-state index contributed by atoms with van der Waals surface area (Å²) in [4.78, 5) is 16.0. The molecule has 1 aliphatic carbocycles. The molecular formula is C14H23N3O2. The molecule has 0 saturated heterocycles. The minimum atomic E-state index is -0.148. The summed E-state index contributed by atoms with van der Waals surface area (Å²) in [6.07, 6.45) is 8.08. The van der Waals surface area contributed by atoms with E-state index in [4.69, 9.17) is 10.5 Å². The van der Waals surface area contributed by atoms with Crippen molar-refractivity contribution in [2.24, 2.45) is 17.6 Å². The fourth-order valence-corrected chi connectivity index (χ4v) is 2.78. The number of hydrogen-bond acceptors (Lipinski definition) is 4. The summed E-state index contributed by atoms with van der Waals surface area (Å²) in [7, 11) is 0. The van der Waals surface area contributed by atoms with E-state index in [1.807, 2.05) is 6.92 Å². The zero-order valence-electron chi connectivity index (χ0n) is 11.5. The van der Waals surface area contributed by atoms with Crippen LogP contribution in [-0.4, -0.2) is 22.7 Å². The van der Waals surface area contributed by atoms with Crippen molar-refractivity contribution in [1.82, 2.24) is 9.55 Å². The highest BCUT2D eigenvalue weighted by Crippen LogP contribution is 2.29. The van der Waals surface area contributed by atoms with Gasteiger partial charge in [-0.1, -0.05) is 12.8 Å². The Bertz CT molecular complexity index is 458. The van der Waals surface area contributed by atoms with E-state index in [2.05, 4.69) is 4.98 Å². The first-order chi connectivity index (χ1) is 9.26. The predicted molar refractivity (Wildman–Crippen MR) is 74.2 cm³/mol. The average molecular weight is 265 g/mol. The second-order valence-electron chi connectivity index (χ2n) is 5.17. The second-order valence-corrected chi connectivity index (χ2v) is 5.17. The van der Waals surface area contributed by atoms with E-state index in [9.17, 15) is 4.79 Å². The first-order valence-electron chi connectivity index (χ1n) is 7.14. The Balaban J connectivity index is 2.00. The summed E-state index contributed by atoms with van der Waals surface area (Å²) in [6, 6.07) is 0. The summed E-state index contributed by atoms with van der Waals surface area (Å²) < 4.78 is 7.25. The van der Waals surface area contributed by atoms with Crippen molar-refractivity contribution < 1.29 is 4.74 Å². The lowest BCUT2D eigenvalue weighted by Crippen LogP contribution is -2.32. The molecule has 2 N–H and O–H groups in total. The number of rotatable bonds is 5. The summed E-state index contributed by atoms with van der Waals surface area (Å²) in [6.45, 7) is 3.82. The minimum absolute atomic E-state index is 0.148. The largest absolute Gasteiger partial charge is 0.473 e. The first kappa shape index (κ1) is 14.1. The first-order valence-corrected chi connectivity index (χ1v) is 7.14. The zero-order chi connectivity index (χ0) is 13.7. The molecule has 1 heterocycles. The molecule has 106 valence electrons. The highest BCUT2D eigenvalue weighted by atomic mass is 16.5. The molecule has 1 aromatic heterocycles. The Morgan fingerprint density at radius 2 is 2.16 bits per heavy atom. The Morgan fingerprint density at radius 1 is 1.42 bits per heavy atom. The summed E-state index contributed by atoms with van der Waals surface area (Å²) in [5.41, 5.74) is 5.65. The standard InChI is InChI=1S/C14H23N3O2/c1-2-17-8-7-16-13(14(17)18)19-10-12-6-4-3-5-11(12)9-15/h7-8,11-12H,2-6,9-10,15H2,1H3. The molecule has 5 nitrogen and oxygen atoms in total. The van der Waals surface area contributed by atoms with Crippen LogP contribution in [0.4, 0.5) is 0 Å². The molecule has 1 aromatic rings. The van der Waals surface area contributed by atoms with Crippen LogP contribution >= 0.6 is 0 Å². The number of aryl methyl sites for hydroxylation is 1. The van der Waals surface area contributed by atoms with Gasteiger partial charge in [0, 0.05) is 18.9 Å². The minimum Gasteiger partial charge on any atom is -0.473 e. The molecule has 0 bridgehead atoms. The van der Waals surface area contributed by atoms with Crippen LogP contribution in [0.5, 0.6) is 5.88 Å². The molecule has 1 aliphatic rings. The topological polar surface area (TPSA) is 70.1 Å². The smallest absolute Gasteiger partial charge is 0.313 e. The van der Waals surface area contributed by atoms with Gasteiger partial charge in [0.1, 0.15) is 0 Å². The third kappa shape index (κ3) is 3.35. The van der Waals surface area contributed by atoms with Crippen molar-refractivity contribution in [3.05, 3.63) is 22.7 Å². The molecule has 0 aromatic carbocycles. The van der Waals surface area contributed by atoms with Gasteiger partial charge in [-0.3, -0.25) is 4.79 Å². The number of aromatic nitrogens is 2. The molecule has 1 saturated carbocycles. The lowest BCUT2D eigenvalue weighted by atomic mass is 9.80. The molecule has 1 fully saturated rings. The second kappa shape index (κ2) is 6.70. The fourth-order valence-electron chi connectivity index (χ4n) is 2.78. The molecule has 2 rings (SSSR count). The molecule has 0 aliphatic heterocycles. The normalized spacial score (nSPS) is 23.3. The predicted octanol–water partition coefficient (Wildman–Crippen LogP) is 1.41. The van der Waals surface area contributed by atoms with Gasteiger partial charge in [-0.2, -0.15) is 0 Å². The van der Waals surface area contributed by atoms with Crippen molar-refractivity contribution in [3.63, 3.8) is 0 Å². The van der Waals surface area contributed by atoms with Gasteiger partial charge in [-0.25, -0.2) is 4.98 Å². The maximum absolute atomic E-state index is 12.0. The van der Waals surface area contributed by atoms with Gasteiger partial charge in [-0.05, 0) is 38.1 Å². The van der Waals surface area contributed by atoms with Gasteiger partial charge in [0.2, 0.25) is 0 Å². The number of nitrogens with two attached hydrogens (primary N) is 1. The molecular weight excluding hydrogens is 242 g/mol. The highest BCUT2D eigenvalue weighted by molar-refractivity contribution is 5.04. The van der Waals surface area contributed by atoms with E-state index in [0.29, 0.717) is 31.5 Å². The SMILES string of the molecule is CCn1ccnc(OCC2CCCCC2CN)c1=O. The van der Waals surface area contributed by atoms with Crippen LogP contribution in [0.15, 0.2) is 17.2 Å². The van der Waals surface area contributed by atoms with E-state index >= 15 is 0 Å². The van der Waals surface area contributed by atoms with Crippen LogP contribution in [0.2, 0.25) is 0 Å². The van der Waals surface area contributed by atoms with Crippen LogP contribution in [0.1, 0.15) is 32.6 Å². The van der Waals surface area contributed by atoms with E-state index in [-0.39, 0.29) is 11.4 Å². The lowest BCUT2D eigenvalue weighted by molar-refractivity contribution is 0.147. The molecule has 0 spiro atoms. The molecule has 19 heavy (non-hydrogen) atoms. The van der Waals surface area contributed by atoms with Crippen molar-refractivity contribution >= 4 is 0 Å². The Kier molecular flexibility index (Phi) is 4.96. The van der Waals surface area contributed by atoms with Gasteiger partial charge in [0.25, 0.3) is 5.88 Å². The average Bonchev–Trinajstić information content (AvgIpc) is 2.46. The van der Waals surface area contributed by atoms with Gasteiger partial charge >= 0.3 is 5.56 Å². The number of hydrogen-bond donors (Lipinski definition) is 1. The van der Waals surface area contributed by atoms with Gasteiger partial charge in [0.15, 0.2) is 0 Å². The number of ether oxygens (including phenoxy) is 1. The maximum atomic E-state index is 12.0. The van der Waals surface area contributed by atoms with Crippen LogP contribution in [0.25, 0.3) is 0 Å². The summed E-state index contributed by atoms with van der Waals surface area (Å²) >= 11 is 0. The Labute approximate surface area is 113 Å². The molecule has 2 atom stereocenters. The quantitative estimate of drug-likeness (QED) is 0.873. The van der Waals surface area contributed by atoms with Crippen LogP contribution in [0.3, 0.4) is 0 Å². The van der Waals surface area contributed by atoms with Gasteiger partial charge in [0.05, 0.1) is 6.61 Å². The fraction of sp³-hybridized carbons (Fsp3) is 0.714. The Morgan fingerprint density at radius 3 is 2.84 bits per heavy atom. The van der Waals surface area contributed by atoms with Crippen molar-refractivity contribution in [2.75, 3.05) is 13.2 Å². The van der Waals surface area contributed by atoms with E-state index in [1.165, 1.54) is 19.3 Å². The van der Waals surface area contributed by atoms with E-state index in [0.717, 1.165) is 6.42 Å². The van der Waals surface area contributed by atoms with Gasteiger partial charge in [-0.15, -0.1) is 0 Å². The van der Waals surface area contributed by atoms with Crippen molar-refractivity contribution in [2.45, 2.75) is 39.2 Å². The highest BCUT2D eigenvalue weighted by Gasteiger charge is 2.24. The monoisotopic (exact) mass is 265 g/mol. The summed E-state index contributed by atoms with van der Waals surface area (Å²) in [5, 5.41) is 0. The molecule has 5 heteroatoms. The van der Waals surface area contributed by atoms with Gasteiger partial charge < -0.3 is 15.0 Å². The van der Waals surface area contributed by atoms with Crippen LogP contribution < -0.4 is 16.0 Å². The summed E-state index contributed by atoms with van der Waals surface area (Å²) in [5.74, 6) is 1.19. The van der Waals surface area contributed by atoms with Crippen molar-refractivity contribution in [1.29, 1.82) is 0 Å². The maximum Gasteiger partial charge on any atom is 0.313 e. The van der Waals surface area contributed by atoms with E-state index < -0.39 is 0 Å². The third-order valence-electron chi connectivity index (χ3n) is 4.03. The van der Waals surface area contributed by atoms with Crippen LogP contribution in [0, 0.1) is 11.8 Å². The molecule has 0 radical (unpaired) electrons. The molecule has 0 amide bonds. The van der Waals surface area contributed by atoms with E-state index in [1.54, 1.807) is 17.0 Å². The van der Waals surface area contributed by atoms with Crippen LogP contribution in [-0.2, 0) is 6.54 Å². The lowest BCUT2D eigenvalue weighted by Gasteiger charge is -2.30. The Hall–Kier alpha value is -1.36. The number of nitrogens with zero attached hydrogens (tertiary/aromatic N) is 2. The van der Waals surface area contributed by atoms with Crippen molar-refractivity contribution in [3.8, 4) is 5.88 Å². The zero-order valence-corrected chi connectivity index (χ0v) is 11.5.